The maximum atomic E-state index is 12.9. The summed E-state index contributed by atoms with van der Waals surface area (Å²) in [4.78, 5) is 33.2. The smallest absolute Gasteiger partial charge is 0.276 e. The van der Waals surface area contributed by atoms with Crippen LogP contribution in [-0.2, 0) is 17.6 Å². The van der Waals surface area contributed by atoms with E-state index in [2.05, 4.69) is 15.1 Å². The van der Waals surface area contributed by atoms with E-state index in [1.807, 2.05) is 0 Å². The molecule has 1 saturated heterocycles. The summed E-state index contributed by atoms with van der Waals surface area (Å²) in [7, 11) is 0. The van der Waals surface area contributed by atoms with E-state index in [4.69, 9.17) is 9.26 Å². The monoisotopic (exact) mass is 344 g/mol. The van der Waals surface area contributed by atoms with E-state index in [1.165, 1.54) is 6.07 Å². The maximum absolute atomic E-state index is 12.9. The third-order valence-electron chi connectivity index (χ3n) is 4.72. The van der Waals surface area contributed by atoms with Crippen LogP contribution in [0.1, 0.15) is 52.3 Å². The van der Waals surface area contributed by atoms with Crippen LogP contribution in [0, 0.1) is 6.92 Å². The molecule has 0 unspecified atom stereocenters. The zero-order chi connectivity index (χ0) is 17.4. The van der Waals surface area contributed by atoms with Gasteiger partial charge in [-0.3, -0.25) is 9.59 Å². The number of nitrogens with one attached hydrogen (secondary N) is 1. The molecule has 0 bridgehead atoms. The van der Waals surface area contributed by atoms with E-state index in [0.717, 1.165) is 37.0 Å². The highest BCUT2D eigenvalue weighted by molar-refractivity contribution is 5.94. The summed E-state index contributed by atoms with van der Waals surface area (Å²) in [5.41, 5.74) is 1.69. The number of aryl methyl sites for hydroxylation is 2. The molecule has 4 rings (SSSR count). The van der Waals surface area contributed by atoms with Crippen molar-refractivity contribution >= 4 is 5.91 Å². The number of rotatable bonds is 2. The molecule has 132 valence electrons. The lowest BCUT2D eigenvalue weighted by atomic mass is 9.96. The Hall–Kier alpha value is -2.48. The van der Waals surface area contributed by atoms with Crippen LogP contribution in [0.5, 0.6) is 0 Å². The number of fused-ring (bicyclic) bond motifs is 1. The molecule has 0 aromatic carbocycles. The van der Waals surface area contributed by atoms with E-state index in [0.29, 0.717) is 36.9 Å². The van der Waals surface area contributed by atoms with Crippen LogP contribution in [0.15, 0.2) is 15.4 Å². The summed E-state index contributed by atoms with van der Waals surface area (Å²) >= 11 is 0. The molecule has 8 heteroatoms. The third-order valence-corrected chi connectivity index (χ3v) is 4.72. The van der Waals surface area contributed by atoms with Crippen molar-refractivity contribution in [2.75, 3.05) is 19.7 Å². The normalized spacial score (nSPS) is 20.4. The summed E-state index contributed by atoms with van der Waals surface area (Å²) in [6.45, 7) is 2.94. The minimum atomic E-state index is -0.415. The fraction of sp³-hybridized carbons (Fsp3) is 0.529. The highest BCUT2D eigenvalue weighted by Gasteiger charge is 2.32. The van der Waals surface area contributed by atoms with Crippen LogP contribution in [0.4, 0.5) is 0 Å². The number of aromatic amines is 1. The van der Waals surface area contributed by atoms with E-state index in [1.54, 1.807) is 11.8 Å². The number of H-pyrrole nitrogens is 1. The predicted molar refractivity (Wildman–Crippen MR) is 87.3 cm³/mol. The first-order valence-electron chi connectivity index (χ1n) is 8.58. The van der Waals surface area contributed by atoms with Gasteiger partial charge in [0.15, 0.2) is 5.69 Å². The van der Waals surface area contributed by atoms with Gasteiger partial charge in [0.2, 0.25) is 0 Å². The first kappa shape index (κ1) is 16.0. The molecule has 0 radical (unpaired) electrons. The summed E-state index contributed by atoms with van der Waals surface area (Å²) in [5, 5.41) is 4.02. The summed E-state index contributed by atoms with van der Waals surface area (Å²) in [5.74, 6) is 1.23. The van der Waals surface area contributed by atoms with Gasteiger partial charge >= 0.3 is 0 Å². The number of carbonyl (C=O) groups excluding carboxylic acids is 1. The molecule has 8 nitrogen and oxygen atoms in total. The lowest BCUT2D eigenvalue weighted by Crippen LogP contribution is -2.43. The fourth-order valence-electron chi connectivity index (χ4n) is 3.48. The standard InChI is InChI=1S/C17H20N4O4/c1-10-18-12(8-15(22)19-10)14-9-21(6-7-24-14)17(23)16-11-4-2-3-5-13(11)25-20-16/h8,14H,2-7,9H2,1H3,(H,18,19,22)/t14-/m1/s1. The number of nitrogens with zero attached hydrogens (tertiary/aromatic N) is 3. The maximum Gasteiger partial charge on any atom is 0.276 e. The Labute approximate surface area is 144 Å². The Morgan fingerprint density at radius 3 is 3.04 bits per heavy atom. The van der Waals surface area contributed by atoms with Crippen molar-refractivity contribution in [2.24, 2.45) is 0 Å². The zero-order valence-electron chi connectivity index (χ0n) is 14.1. The Balaban J connectivity index is 1.56. The molecule has 1 aliphatic heterocycles. The van der Waals surface area contributed by atoms with Crippen molar-refractivity contribution in [3.63, 3.8) is 0 Å². The fourth-order valence-corrected chi connectivity index (χ4v) is 3.48. The molecule has 1 N–H and O–H groups in total. The van der Waals surface area contributed by atoms with Crippen molar-refractivity contribution in [1.29, 1.82) is 0 Å². The van der Waals surface area contributed by atoms with Crippen molar-refractivity contribution < 1.29 is 14.1 Å². The van der Waals surface area contributed by atoms with E-state index < -0.39 is 6.10 Å². The second-order valence-electron chi connectivity index (χ2n) is 6.51. The highest BCUT2D eigenvalue weighted by Crippen LogP contribution is 2.27. The van der Waals surface area contributed by atoms with Gasteiger partial charge in [-0.25, -0.2) is 4.98 Å². The largest absolute Gasteiger partial charge is 0.368 e. The quantitative estimate of drug-likeness (QED) is 0.877. The highest BCUT2D eigenvalue weighted by atomic mass is 16.5. The van der Waals surface area contributed by atoms with Gasteiger partial charge in [-0.15, -0.1) is 0 Å². The van der Waals surface area contributed by atoms with Crippen LogP contribution < -0.4 is 5.56 Å². The van der Waals surface area contributed by atoms with Crippen LogP contribution in [0.2, 0.25) is 0 Å². The second kappa shape index (κ2) is 6.44. The van der Waals surface area contributed by atoms with Gasteiger partial charge in [0, 0.05) is 24.6 Å². The molecule has 3 heterocycles. The number of carbonyl (C=O) groups is 1. The number of hydrogen-bond donors (Lipinski definition) is 1. The predicted octanol–water partition coefficient (Wildman–Crippen LogP) is 1.16. The van der Waals surface area contributed by atoms with Gasteiger partial charge in [-0.05, 0) is 26.2 Å². The first-order valence-corrected chi connectivity index (χ1v) is 8.58. The van der Waals surface area contributed by atoms with Gasteiger partial charge in [-0.1, -0.05) is 5.16 Å². The van der Waals surface area contributed by atoms with Gasteiger partial charge in [0.1, 0.15) is 17.7 Å². The number of ether oxygens (including phenoxy) is 1. The Bertz CT molecular complexity index is 857. The number of amides is 1. The average molecular weight is 344 g/mol. The lowest BCUT2D eigenvalue weighted by molar-refractivity contribution is -0.0252. The zero-order valence-corrected chi connectivity index (χ0v) is 14.1. The number of hydrogen-bond acceptors (Lipinski definition) is 6. The number of morpholine rings is 1. The van der Waals surface area contributed by atoms with Gasteiger partial charge < -0.3 is 19.1 Å². The van der Waals surface area contributed by atoms with Crippen LogP contribution in [-0.4, -0.2) is 45.6 Å². The van der Waals surface area contributed by atoms with Crippen LogP contribution in [0.25, 0.3) is 0 Å². The topological polar surface area (TPSA) is 101 Å². The minimum Gasteiger partial charge on any atom is -0.368 e. The minimum absolute atomic E-state index is 0.137. The lowest BCUT2D eigenvalue weighted by Gasteiger charge is -2.32. The number of aromatic nitrogens is 3. The Kier molecular flexibility index (Phi) is 4.12. The van der Waals surface area contributed by atoms with Crippen LogP contribution >= 0.6 is 0 Å². The molecule has 2 aliphatic rings. The molecule has 0 spiro atoms. The van der Waals surface area contributed by atoms with Crippen molar-refractivity contribution in [3.05, 3.63) is 45.0 Å². The van der Waals surface area contributed by atoms with E-state index in [9.17, 15) is 9.59 Å². The SMILES string of the molecule is Cc1nc([C@H]2CN(C(=O)c3noc4c3CCCC4)CCO2)cc(=O)[nH]1. The molecular weight excluding hydrogens is 324 g/mol. The van der Waals surface area contributed by atoms with Crippen molar-refractivity contribution in [2.45, 2.75) is 38.7 Å². The molecular formula is C17H20N4O4. The van der Waals surface area contributed by atoms with Crippen molar-refractivity contribution in [1.82, 2.24) is 20.0 Å². The van der Waals surface area contributed by atoms with Crippen molar-refractivity contribution in [3.8, 4) is 0 Å². The summed E-state index contributed by atoms with van der Waals surface area (Å²) < 4.78 is 11.1. The first-order chi connectivity index (χ1) is 12.1. The molecule has 1 fully saturated rings. The Morgan fingerprint density at radius 1 is 1.36 bits per heavy atom. The van der Waals surface area contributed by atoms with E-state index in [-0.39, 0.29) is 11.5 Å². The summed E-state index contributed by atoms with van der Waals surface area (Å²) in [6.07, 6.45) is 3.39. The van der Waals surface area contributed by atoms with Gasteiger partial charge in [0.25, 0.3) is 11.5 Å². The Morgan fingerprint density at radius 2 is 2.20 bits per heavy atom. The molecule has 1 atom stereocenters. The van der Waals surface area contributed by atoms with E-state index >= 15 is 0 Å². The third kappa shape index (κ3) is 3.09. The van der Waals surface area contributed by atoms with Gasteiger partial charge in [0.05, 0.1) is 18.8 Å². The molecule has 1 amide bonds. The molecule has 0 saturated carbocycles. The molecule has 2 aromatic heterocycles. The molecule has 1 aliphatic carbocycles. The average Bonchev–Trinajstić information content (AvgIpc) is 3.04. The van der Waals surface area contributed by atoms with Gasteiger partial charge in [-0.2, -0.15) is 0 Å². The molecule has 25 heavy (non-hydrogen) atoms. The second-order valence-corrected chi connectivity index (χ2v) is 6.51. The van der Waals surface area contributed by atoms with Crippen LogP contribution in [0.3, 0.4) is 0 Å². The molecule has 2 aromatic rings. The summed E-state index contributed by atoms with van der Waals surface area (Å²) in [6, 6.07) is 1.42.